The van der Waals surface area contributed by atoms with Crippen LogP contribution in [0.1, 0.15) is 23.0 Å². The van der Waals surface area contributed by atoms with Crippen LogP contribution >= 0.6 is 0 Å². The van der Waals surface area contributed by atoms with E-state index in [1.165, 1.54) is 19.2 Å². The first kappa shape index (κ1) is 16.4. The Labute approximate surface area is 132 Å². The quantitative estimate of drug-likeness (QED) is 0.478. The Morgan fingerprint density at radius 3 is 2.39 bits per heavy atom. The number of hydrogen-bond acceptors (Lipinski definition) is 5. The van der Waals surface area contributed by atoms with Gasteiger partial charge in [-0.3, -0.25) is 9.59 Å². The van der Waals surface area contributed by atoms with E-state index in [-0.39, 0.29) is 5.69 Å². The Hall–Kier alpha value is -3.02. The molecule has 118 valence electrons. The van der Waals surface area contributed by atoms with Gasteiger partial charge in [0.2, 0.25) is 5.78 Å². The number of benzene rings is 1. The van der Waals surface area contributed by atoms with Crippen molar-refractivity contribution in [2.45, 2.75) is 13.5 Å². The molecular weight excluding hydrogens is 298 g/mol. The molecule has 1 aromatic heterocycles. The average Bonchev–Trinajstić information content (AvgIpc) is 2.59. The third-order valence-corrected chi connectivity index (χ3v) is 3.23. The lowest BCUT2D eigenvalue weighted by Gasteiger charge is -2.08. The summed E-state index contributed by atoms with van der Waals surface area (Å²) < 4.78 is 5.54. The summed E-state index contributed by atoms with van der Waals surface area (Å²) in [4.78, 5) is 37.8. The monoisotopic (exact) mass is 313 g/mol. The minimum Gasteiger partial charge on any atom is -0.487 e. The van der Waals surface area contributed by atoms with Gasteiger partial charge >= 0.3 is 5.97 Å². The van der Waals surface area contributed by atoms with E-state index in [0.717, 1.165) is 5.56 Å². The minimum absolute atomic E-state index is 0.0270. The highest BCUT2D eigenvalue weighted by atomic mass is 16.5. The molecule has 0 aliphatic rings. The van der Waals surface area contributed by atoms with Crippen molar-refractivity contribution in [2.75, 3.05) is 0 Å². The van der Waals surface area contributed by atoms with E-state index in [9.17, 15) is 14.4 Å². The molecule has 0 saturated carbocycles. The van der Waals surface area contributed by atoms with Crippen molar-refractivity contribution in [1.82, 2.24) is 4.98 Å². The molecule has 0 saturated heterocycles. The van der Waals surface area contributed by atoms with Crippen LogP contribution in [0.15, 0.2) is 48.7 Å². The van der Waals surface area contributed by atoms with Crippen LogP contribution in [0.3, 0.4) is 0 Å². The van der Waals surface area contributed by atoms with Crippen LogP contribution in [-0.4, -0.2) is 27.6 Å². The summed E-state index contributed by atoms with van der Waals surface area (Å²) in [5.41, 5.74) is 1.02. The number of pyridine rings is 1. The fourth-order valence-electron chi connectivity index (χ4n) is 1.88. The van der Waals surface area contributed by atoms with E-state index < -0.39 is 23.5 Å². The predicted molar refractivity (Wildman–Crippen MR) is 81.1 cm³/mol. The second-order valence-electron chi connectivity index (χ2n) is 4.91. The van der Waals surface area contributed by atoms with Crippen molar-refractivity contribution < 1.29 is 24.2 Å². The van der Waals surface area contributed by atoms with Gasteiger partial charge in [0.15, 0.2) is 5.78 Å². The maximum absolute atomic E-state index is 12.0. The second kappa shape index (κ2) is 7.31. The van der Waals surface area contributed by atoms with Gasteiger partial charge in [0.05, 0.1) is 12.1 Å². The summed E-state index contributed by atoms with van der Waals surface area (Å²) in [5.74, 6) is -4.21. The summed E-state index contributed by atoms with van der Waals surface area (Å²) in [7, 11) is 0. The molecule has 6 nitrogen and oxygen atoms in total. The summed E-state index contributed by atoms with van der Waals surface area (Å²) in [6, 6.07) is 12.5. The summed E-state index contributed by atoms with van der Waals surface area (Å²) in [5, 5.41) is 8.63. The SMILES string of the molecule is CC(C(=O)C(=O)O)C(=O)c1ccc(OCc2ccccc2)cn1. The highest BCUT2D eigenvalue weighted by Crippen LogP contribution is 2.14. The predicted octanol–water partition coefficient (Wildman–Crippen LogP) is 2.13. The number of ketones is 2. The maximum atomic E-state index is 12.0. The summed E-state index contributed by atoms with van der Waals surface area (Å²) in [6.07, 6.45) is 1.37. The maximum Gasteiger partial charge on any atom is 0.372 e. The van der Waals surface area contributed by atoms with Gasteiger partial charge in [-0.1, -0.05) is 30.3 Å². The Balaban J connectivity index is 2.00. The lowest BCUT2D eigenvalue weighted by atomic mass is 9.98. The third kappa shape index (κ3) is 4.23. The van der Waals surface area contributed by atoms with E-state index in [2.05, 4.69) is 4.98 Å². The molecule has 1 unspecified atom stereocenters. The van der Waals surface area contributed by atoms with Crippen molar-refractivity contribution in [3.8, 4) is 5.75 Å². The first-order valence-corrected chi connectivity index (χ1v) is 6.93. The molecule has 1 atom stereocenters. The number of carbonyl (C=O) groups is 3. The molecule has 1 N–H and O–H groups in total. The molecule has 2 rings (SSSR count). The number of aromatic nitrogens is 1. The van der Waals surface area contributed by atoms with E-state index in [0.29, 0.717) is 12.4 Å². The molecule has 1 heterocycles. The van der Waals surface area contributed by atoms with E-state index in [4.69, 9.17) is 9.84 Å². The Bertz CT molecular complexity index is 710. The zero-order valence-corrected chi connectivity index (χ0v) is 12.4. The smallest absolute Gasteiger partial charge is 0.372 e. The number of aliphatic carboxylic acids is 1. The molecule has 2 aromatic rings. The standard InChI is InChI=1S/C17H15NO5/c1-11(16(20)17(21)22)15(19)14-8-7-13(9-18-14)23-10-12-5-3-2-4-6-12/h2-9,11H,10H2,1H3,(H,21,22). The first-order chi connectivity index (χ1) is 11.0. The van der Waals surface area contributed by atoms with E-state index >= 15 is 0 Å². The van der Waals surface area contributed by atoms with Gasteiger partial charge in [0.25, 0.3) is 0 Å². The molecule has 0 aliphatic heterocycles. The molecule has 1 aromatic carbocycles. The van der Waals surface area contributed by atoms with Gasteiger partial charge in [0.1, 0.15) is 18.1 Å². The third-order valence-electron chi connectivity index (χ3n) is 3.23. The van der Waals surface area contributed by atoms with Crippen molar-refractivity contribution in [3.05, 3.63) is 59.9 Å². The van der Waals surface area contributed by atoms with Crippen LogP contribution in [0.2, 0.25) is 0 Å². The number of carboxylic acid groups (broad SMARTS) is 1. The number of carbonyl (C=O) groups excluding carboxylic acids is 2. The van der Waals surface area contributed by atoms with Gasteiger partial charge in [0, 0.05) is 0 Å². The molecule has 6 heteroatoms. The van der Waals surface area contributed by atoms with Crippen LogP contribution in [0.25, 0.3) is 0 Å². The van der Waals surface area contributed by atoms with Crippen LogP contribution < -0.4 is 4.74 Å². The summed E-state index contributed by atoms with van der Waals surface area (Å²) in [6.45, 7) is 1.62. The van der Waals surface area contributed by atoms with Crippen LogP contribution in [0.5, 0.6) is 5.75 Å². The number of ether oxygens (including phenoxy) is 1. The molecule has 0 spiro atoms. The van der Waals surface area contributed by atoms with Gasteiger partial charge in [-0.05, 0) is 24.6 Å². The molecule has 0 amide bonds. The van der Waals surface area contributed by atoms with Crippen molar-refractivity contribution in [3.63, 3.8) is 0 Å². The van der Waals surface area contributed by atoms with Gasteiger partial charge < -0.3 is 9.84 Å². The molecule has 23 heavy (non-hydrogen) atoms. The second-order valence-corrected chi connectivity index (χ2v) is 4.91. The van der Waals surface area contributed by atoms with E-state index in [1.54, 1.807) is 6.07 Å². The topological polar surface area (TPSA) is 93.6 Å². The first-order valence-electron chi connectivity index (χ1n) is 6.93. The largest absolute Gasteiger partial charge is 0.487 e. The van der Waals surface area contributed by atoms with Crippen LogP contribution in [0.4, 0.5) is 0 Å². The number of carboxylic acids is 1. The van der Waals surface area contributed by atoms with E-state index in [1.807, 2.05) is 30.3 Å². The normalized spacial score (nSPS) is 11.5. The zero-order chi connectivity index (χ0) is 16.8. The molecule has 0 bridgehead atoms. The van der Waals surface area contributed by atoms with Gasteiger partial charge in [-0.25, -0.2) is 9.78 Å². The number of hydrogen-bond donors (Lipinski definition) is 1. The van der Waals surface area contributed by atoms with Crippen molar-refractivity contribution in [1.29, 1.82) is 0 Å². The molecule has 0 radical (unpaired) electrons. The highest BCUT2D eigenvalue weighted by Gasteiger charge is 2.28. The van der Waals surface area contributed by atoms with Crippen molar-refractivity contribution >= 4 is 17.5 Å². The Morgan fingerprint density at radius 2 is 1.83 bits per heavy atom. The van der Waals surface area contributed by atoms with Crippen molar-refractivity contribution in [2.24, 2.45) is 5.92 Å². The average molecular weight is 313 g/mol. The number of Topliss-reactive ketones (excluding diaryl/α,β-unsaturated/α-hetero) is 2. The zero-order valence-electron chi connectivity index (χ0n) is 12.4. The van der Waals surface area contributed by atoms with Crippen LogP contribution in [0, 0.1) is 5.92 Å². The number of rotatable bonds is 7. The Morgan fingerprint density at radius 1 is 1.13 bits per heavy atom. The number of nitrogens with zero attached hydrogens (tertiary/aromatic N) is 1. The lowest BCUT2D eigenvalue weighted by molar-refractivity contribution is -0.150. The fraction of sp³-hybridized carbons (Fsp3) is 0.176. The van der Waals surface area contributed by atoms with Gasteiger partial charge in [-0.15, -0.1) is 0 Å². The van der Waals surface area contributed by atoms with Crippen LogP contribution in [-0.2, 0) is 16.2 Å². The molecule has 0 fully saturated rings. The van der Waals surface area contributed by atoms with Gasteiger partial charge in [-0.2, -0.15) is 0 Å². The minimum atomic E-state index is -1.63. The highest BCUT2D eigenvalue weighted by molar-refractivity contribution is 6.38. The summed E-state index contributed by atoms with van der Waals surface area (Å²) >= 11 is 0. The Kier molecular flexibility index (Phi) is 5.19. The molecular formula is C17H15NO5. The lowest BCUT2D eigenvalue weighted by Crippen LogP contribution is -2.28. The fourth-order valence-corrected chi connectivity index (χ4v) is 1.88. The molecule has 0 aliphatic carbocycles.